The number of aromatic nitrogens is 1. The van der Waals surface area contributed by atoms with Crippen LogP contribution in [0.3, 0.4) is 0 Å². The van der Waals surface area contributed by atoms with Crippen molar-refractivity contribution in [3.8, 4) is 6.07 Å². The van der Waals surface area contributed by atoms with Crippen molar-refractivity contribution in [3.63, 3.8) is 0 Å². The minimum atomic E-state index is -0.125. The van der Waals surface area contributed by atoms with Crippen LogP contribution in [-0.2, 0) is 0 Å². The van der Waals surface area contributed by atoms with Gasteiger partial charge in [0.2, 0.25) is 0 Å². The van der Waals surface area contributed by atoms with Crippen LogP contribution in [0.2, 0.25) is 5.02 Å². The number of hydrogen-bond donors (Lipinski definition) is 1. The minimum absolute atomic E-state index is 0.125. The van der Waals surface area contributed by atoms with Crippen LogP contribution in [-0.4, -0.2) is 10.8 Å². The Balaban J connectivity index is 2.15. The van der Waals surface area contributed by atoms with Gasteiger partial charge in [0.05, 0.1) is 16.7 Å². The Labute approximate surface area is 126 Å². The molecule has 0 atom stereocenters. The van der Waals surface area contributed by atoms with Crippen LogP contribution in [0, 0.1) is 18.3 Å². The second-order valence-electron chi connectivity index (χ2n) is 4.84. The molecule has 0 bridgehead atoms. The molecule has 3 rings (SSSR count). The Hall–Kier alpha value is -2.57. The molecular formula is C17H11ClN2O. The molecule has 1 heterocycles. The van der Waals surface area contributed by atoms with E-state index in [0.29, 0.717) is 21.7 Å². The molecule has 1 N–H and O–H groups in total. The van der Waals surface area contributed by atoms with Crippen molar-refractivity contribution in [2.45, 2.75) is 6.92 Å². The van der Waals surface area contributed by atoms with Gasteiger partial charge in [-0.3, -0.25) is 4.79 Å². The van der Waals surface area contributed by atoms with Gasteiger partial charge in [-0.25, -0.2) is 0 Å². The van der Waals surface area contributed by atoms with Gasteiger partial charge in [-0.2, -0.15) is 5.26 Å². The van der Waals surface area contributed by atoms with Crippen molar-refractivity contribution < 1.29 is 4.79 Å². The van der Waals surface area contributed by atoms with E-state index in [2.05, 4.69) is 11.1 Å². The van der Waals surface area contributed by atoms with Crippen molar-refractivity contribution in [2.75, 3.05) is 0 Å². The van der Waals surface area contributed by atoms with Gasteiger partial charge in [-0.15, -0.1) is 0 Å². The molecule has 0 aliphatic carbocycles. The third-order valence-corrected chi connectivity index (χ3v) is 3.99. The van der Waals surface area contributed by atoms with Crippen LogP contribution >= 0.6 is 11.6 Å². The summed E-state index contributed by atoms with van der Waals surface area (Å²) in [5.74, 6) is -0.125. The number of rotatable bonds is 2. The van der Waals surface area contributed by atoms with Crippen LogP contribution in [0.5, 0.6) is 0 Å². The van der Waals surface area contributed by atoms with Gasteiger partial charge in [0, 0.05) is 28.2 Å². The number of nitriles is 1. The highest BCUT2D eigenvalue weighted by molar-refractivity contribution is 6.36. The fourth-order valence-corrected chi connectivity index (χ4v) is 2.56. The van der Waals surface area contributed by atoms with Crippen molar-refractivity contribution in [3.05, 3.63) is 69.9 Å². The first kappa shape index (κ1) is 13.4. The van der Waals surface area contributed by atoms with E-state index in [9.17, 15) is 4.79 Å². The Kier molecular flexibility index (Phi) is 3.25. The smallest absolute Gasteiger partial charge is 0.196 e. The Morgan fingerprint density at radius 3 is 2.81 bits per heavy atom. The maximum atomic E-state index is 12.7. The first-order chi connectivity index (χ1) is 10.1. The molecule has 1 aromatic heterocycles. The lowest BCUT2D eigenvalue weighted by Crippen LogP contribution is -2.02. The number of halogens is 1. The monoisotopic (exact) mass is 294 g/mol. The number of ketones is 1. The van der Waals surface area contributed by atoms with E-state index < -0.39 is 0 Å². The second kappa shape index (κ2) is 5.08. The number of aromatic amines is 1. The molecule has 0 aliphatic rings. The van der Waals surface area contributed by atoms with Gasteiger partial charge in [0.1, 0.15) is 0 Å². The molecular weight excluding hydrogens is 284 g/mol. The predicted molar refractivity (Wildman–Crippen MR) is 82.6 cm³/mol. The lowest BCUT2D eigenvalue weighted by atomic mass is 10.0. The maximum absolute atomic E-state index is 12.7. The van der Waals surface area contributed by atoms with Crippen LogP contribution < -0.4 is 0 Å². The average Bonchev–Trinajstić information content (AvgIpc) is 2.92. The maximum Gasteiger partial charge on any atom is 0.196 e. The van der Waals surface area contributed by atoms with Crippen molar-refractivity contribution in [1.29, 1.82) is 5.26 Å². The Morgan fingerprint density at radius 2 is 2.05 bits per heavy atom. The van der Waals surface area contributed by atoms with E-state index in [4.69, 9.17) is 16.9 Å². The highest BCUT2D eigenvalue weighted by Gasteiger charge is 2.17. The average molecular weight is 295 g/mol. The first-order valence-electron chi connectivity index (χ1n) is 6.43. The first-order valence-corrected chi connectivity index (χ1v) is 6.80. The number of nitrogens with one attached hydrogen (secondary N) is 1. The van der Waals surface area contributed by atoms with Crippen LogP contribution in [0.15, 0.2) is 42.6 Å². The zero-order valence-electron chi connectivity index (χ0n) is 11.3. The molecule has 3 nitrogen and oxygen atoms in total. The molecule has 4 heteroatoms. The number of hydrogen-bond acceptors (Lipinski definition) is 2. The normalized spacial score (nSPS) is 10.5. The molecule has 0 saturated carbocycles. The third kappa shape index (κ3) is 2.20. The summed E-state index contributed by atoms with van der Waals surface area (Å²) in [7, 11) is 0. The second-order valence-corrected chi connectivity index (χ2v) is 5.22. The molecule has 0 radical (unpaired) electrons. The van der Waals surface area contributed by atoms with Gasteiger partial charge in [-0.05, 0) is 30.7 Å². The van der Waals surface area contributed by atoms with E-state index >= 15 is 0 Å². The molecule has 0 unspecified atom stereocenters. The number of aryl methyl sites for hydroxylation is 1. The highest BCUT2D eigenvalue weighted by Crippen LogP contribution is 2.27. The van der Waals surface area contributed by atoms with Crippen molar-refractivity contribution in [2.24, 2.45) is 0 Å². The molecule has 3 aromatic rings. The zero-order chi connectivity index (χ0) is 15.0. The number of nitrogens with zero attached hydrogens (tertiary/aromatic N) is 1. The molecule has 0 spiro atoms. The summed E-state index contributed by atoms with van der Waals surface area (Å²) in [5.41, 5.74) is 3.23. The number of carbonyl (C=O) groups is 1. The van der Waals surface area contributed by atoms with E-state index in [-0.39, 0.29) is 5.78 Å². The molecule has 0 fully saturated rings. The molecule has 2 aromatic carbocycles. The Morgan fingerprint density at radius 1 is 1.24 bits per heavy atom. The summed E-state index contributed by atoms with van der Waals surface area (Å²) in [6.45, 7) is 1.87. The van der Waals surface area contributed by atoms with E-state index in [1.165, 1.54) is 0 Å². The van der Waals surface area contributed by atoms with Gasteiger partial charge < -0.3 is 4.98 Å². The molecule has 21 heavy (non-hydrogen) atoms. The van der Waals surface area contributed by atoms with E-state index in [0.717, 1.165) is 16.5 Å². The number of carbonyl (C=O) groups excluding carboxylic acids is 1. The largest absolute Gasteiger partial charge is 0.360 e. The fourth-order valence-electron chi connectivity index (χ4n) is 2.35. The standard InChI is InChI=1S/C17H11ClN2O/c1-10-3-2-4-13(16(10)18)17(21)14-9-20-15-7-11(8-19)5-6-12(14)15/h2-7,9,20H,1H3. The lowest BCUT2D eigenvalue weighted by Gasteiger charge is -2.05. The SMILES string of the molecule is Cc1cccc(C(=O)c2c[nH]c3cc(C#N)ccc23)c1Cl. The summed E-state index contributed by atoms with van der Waals surface area (Å²) in [5, 5.41) is 10.2. The number of fused-ring (bicyclic) bond motifs is 1. The topological polar surface area (TPSA) is 56.6 Å². The van der Waals surface area contributed by atoms with Crippen molar-refractivity contribution in [1.82, 2.24) is 4.98 Å². The summed E-state index contributed by atoms with van der Waals surface area (Å²) < 4.78 is 0. The number of H-pyrrole nitrogens is 1. The van der Waals surface area contributed by atoms with Crippen LogP contribution in [0.25, 0.3) is 10.9 Å². The summed E-state index contributed by atoms with van der Waals surface area (Å²) in [6.07, 6.45) is 1.66. The van der Waals surface area contributed by atoms with Crippen molar-refractivity contribution >= 4 is 28.3 Å². The molecule has 0 amide bonds. The van der Waals surface area contributed by atoms with E-state index in [1.54, 1.807) is 30.5 Å². The summed E-state index contributed by atoms with van der Waals surface area (Å²) in [6, 6.07) is 12.7. The fraction of sp³-hybridized carbons (Fsp3) is 0.0588. The van der Waals surface area contributed by atoms with Gasteiger partial charge in [0.25, 0.3) is 0 Å². The quantitative estimate of drug-likeness (QED) is 0.719. The molecule has 0 saturated heterocycles. The Bertz CT molecular complexity index is 903. The molecule has 102 valence electrons. The van der Waals surface area contributed by atoms with E-state index in [1.807, 2.05) is 19.1 Å². The van der Waals surface area contributed by atoms with Gasteiger partial charge in [-0.1, -0.05) is 29.8 Å². The predicted octanol–water partition coefficient (Wildman–Crippen LogP) is 4.23. The van der Waals surface area contributed by atoms with Crippen LogP contribution in [0.4, 0.5) is 0 Å². The molecule has 0 aliphatic heterocycles. The van der Waals surface area contributed by atoms with Gasteiger partial charge in [0.15, 0.2) is 5.78 Å². The van der Waals surface area contributed by atoms with Gasteiger partial charge >= 0.3 is 0 Å². The third-order valence-electron chi connectivity index (χ3n) is 3.49. The minimum Gasteiger partial charge on any atom is -0.360 e. The number of benzene rings is 2. The summed E-state index contributed by atoms with van der Waals surface area (Å²) >= 11 is 6.23. The summed E-state index contributed by atoms with van der Waals surface area (Å²) in [4.78, 5) is 15.7. The lowest BCUT2D eigenvalue weighted by molar-refractivity contribution is 0.104. The highest BCUT2D eigenvalue weighted by atomic mass is 35.5. The zero-order valence-corrected chi connectivity index (χ0v) is 12.0. The van der Waals surface area contributed by atoms with Crippen LogP contribution in [0.1, 0.15) is 27.0 Å².